The lowest BCUT2D eigenvalue weighted by molar-refractivity contribution is -0.274. The molecule has 0 saturated heterocycles. The summed E-state index contributed by atoms with van der Waals surface area (Å²) in [5.41, 5.74) is 4.00. The maximum Gasteiger partial charge on any atom is 0.573 e. The molecule has 1 heterocycles. The minimum absolute atomic E-state index is 0.139. The fourth-order valence-corrected chi connectivity index (χ4v) is 6.04. The van der Waals surface area contributed by atoms with E-state index in [4.69, 9.17) is 9.72 Å². The van der Waals surface area contributed by atoms with E-state index in [9.17, 15) is 18.0 Å². The molecule has 3 aromatic carbocycles. The highest BCUT2D eigenvalue weighted by Crippen LogP contribution is 2.46. The first-order valence-electron chi connectivity index (χ1n) is 14.0. The minimum atomic E-state index is -4.76. The maximum atomic E-state index is 12.6. The van der Waals surface area contributed by atoms with E-state index in [0.29, 0.717) is 28.8 Å². The van der Waals surface area contributed by atoms with Gasteiger partial charge in [-0.2, -0.15) is 0 Å². The number of aryl methyl sites for hydroxylation is 1. The lowest BCUT2D eigenvalue weighted by atomic mass is 9.70. The van der Waals surface area contributed by atoms with E-state index in [-0.39, 0.29) is 29.7 Å². The maximum absolute atomic E-state index is 12.6. The Morgan fingerprint density at radius 1 is 1.05 bits per heavy atom. The highest BCUT2D eigenvalue weighted by atomic mass is 19.4. The SMILES string of the molecule is Cc1ccccc1NC(=O)COc1ccc2c(c1)nc(Nc1ccc(OC(F)(F)F)cc1)n2[C@H]1C[C@@H](C)CC(C)(C)C1. The van der Waals surface area contributed by atoms with Gasteiger partial charge in [0.2, 0.25) is 5.95 Å². The number of imidazole rings is 1. The Bertz CT molecular complexity index is 1560. The Balaban J connectivity index is 1.40. The minimum Gasteiger partial charge on any atom is -0.484 e. The van der Waals surface area contributed by atoms with Gasteiger partial charge < -0.3 is 24.7 Å². The van der Waals surface area contributed by atoms with Gasteiger partial charge in [0.15, 0.2) is 6.61 Å². The zero-order valence-corrected chi connectivity index (χ0v) is 24.1. The number of alkyl halides is 3. The summed E-state index contributed by atoms with van der Waals surface area (Å²) in [6.07, 6.45) is -1.71. The number of hydrogen-bond acceptors (Lipinski definition) is 5. The number of ether oxygens (including phenoxy) is 2. The van der Waals surface area contributed by atoms with Gasteiger partial charge in [-0.25, -0.2) is 4.98 Å². The summed E-state index contributed by atoms with van der Waals surface area (Å²) in [7, 11) is 0. The molecule has 0 spiro atoms. The smallest absolute Gasteiger partial charge is 0.484 e. The zero-order chi connectivity index (χ0) is 30.1. The number of anilines is 3. The van der Waals surface area contributed by atoms with Crippen LogP contribution in [0.2, 0.25) is 0 Å². The molecule has 0 radical (unpaired) electrons. The van der Waals surface area contributed by atoms with Crippen LogP contribution in [-0.2, 0) is 4.79 Å². The molecule has 5 rings (SSSR count). The van der Waals surface area contributed by atoms with E-state index in [1.54, 1.807) is 6.07 Å². The number of benzene rings is 3. The number of para-hydroxylation sites is 1. The van der Waals surface area contributed by atoms with Crippen LogP contribution in [0.5, 0.6) is 11.5 Å². The van der Waals surface area contributed by atoms with Crippen molar-refractivity contribution in [1.29, 1.82) is 0 Å². The average Bonchev–Trinajstić information content (AvgIpc) is 3.25. The van der Waals surface area contributed by atoms with E-state index >= 15 is 0 Å². The number of nitrogens with one attached hydrogen (secondary N) is 2. The Labute approximate surface area is 243 Å². The molecule has 1 fully saturated rings. The molecule has 0 bridgehead atoms. The molecule has 7 nitrogen and oxygen atoms in total. The highest BCUT2D eigenvalue weighted by Gasteiger charge is 2.35. The molecule has 1 saturated carbocycles. The third-order valence-electron chi connectivity index (χ3n) is 7.52. The fraction of sp³-hybridized carbons (Fsp3) is 0.375. The fourth-order valence-electron chi connectivity index (χ4n) is 6.04. The normalized spacial score (nSPS) is 18.5. The summed E-state index contributed by atoms with van der Waals surface area (Å²) in [4.78, 5) is 17.4. The molecule has 1 aromatic heterocycles. The second-order valence-electron chi connectivity index (χ2n) is 11.9. The van der Waals surface area contributed by atoms with Gasteiger partial charge in [0.05, 0.1) is 11.0 Å². The second kappa shape index (κ2) is 11.6. The van der Waals surface area contributed by atoms with Crippen LogP contribution in [0.25, 0.3) is 11.0 Å². The van der Waals surface area contributed by atoms with Crippen molar-refractivity contribution in [2.45, 2.75) is 59.4 Å². The van der Waals surface area contributed by atoms with Crippen LogP contribution in [0.3, 0.4) is 0 Å². The average molecular weight is 581 g/mol. The number of nitrogens with zero attached hydrogens (tertiary/aromatic N) is 2. The molecule has 1 amide bonds. The molecular weight excluding hydrogens is 545 g/mol. The van der Waals surface area contributed by atoms with Crippen LogP contribution < -0.4 is 20.1 Å². The van der Waals surface area contributed by atoms with Crippen molar-refractivity contribution in [2.24, 2.45) is 11.3 Å². The van der Waals surface area contributed by atoms with Crippen molar-refractivity contribution < 1.29 is 27.4 Å². The first kappa shape index (κ1) is 29.3. The highest BCUT2D eigenvalue weighted by molar-refractivity contribution is 5.92. The van der Waals surface area contributed by atoms with Gasteiger partial charge >= 0.3 is 6.36 Å². The van der Waals surface area contributed by atoms with Gasteiger partial charge in [-0.05, 0) is 85.5 Å². The molecule has 0 aliphatic heterocycles. The third kappa shape index (κ3) is 7.16. The Morgan fingerprint density at radius 3 is 2.45 bits per heavy atom. The molecule has 10 heteroatoms. The quantitative estimate of drug-likeness (QED) is 0.219. The summed E-state index contributed by atoms with van der Waals surface area (Å²) < 4.78 is 49.9. The van der Waals surface area contributed by atoms with Crippen molar-refractivity contribution in [3.8, 4) is 11.5 Å². The molecule has 4 aromatic rings. The van der Waals surface area contributed by atoms with Crippen LogP contribution in [-0.4, -0.2) is 28.4 Å². The lowest BCUT2D eigenvalue weighted by Gasteiger charge is -2.40. The predicted octanol–water partition coefficient (Wildman–Crippen LogP) is 8.39. The largest absolute Gasteiger partial charge is 0.573 e. The molecular formula is C32H35F3N4O3. The molecule has 0 unspecified atom stereocenters. The summed E-state index contributed by atoms with van der Waals surface area (Å²) >= 11 is 0. The molecule has 222 valence electrons. The molecule has 42 heavy (non-hydrogen) atoms. The van der Waals surface area contributed by atoms with Crippen molar-refractivity contribution >= 4 is 34.3 Å². The monoisotopic (exact) mass is 580 g/mol. The van der Waals surface area contributed by atoms with Crippen molar-refractivity contribution in [3.05, 3.63) is 72.3 Å². The Morgan fingerprint density at radius 2 is 1.76 bits per heavy atom. The van der Waals surface area contributed by atoms with Crippen molar-refractivity contribution in [2.75, 3.05) is 17.2 Å². The predicted molar refractivity (Wildman–Crippen MR) is 157 cm³/mol. The number of amides is 1. The summed E-state index contributed by atoms with van der Waals surface area (Å²) in [5, 5.41) is 6.17. The molecule has 2 atom stereocenters. The summed E-state index contributed by atoms with van der Waals surface area (Å²) in [6, 6.07) is 18.8. The van der Waals surface area contributed by atoms with Crippen LogP contribution in [0.4, 0.5) is 30.5 Å². The van der Waals surface area contributed by atoms with Gasteiger partial charge in [0.25, 0.3) is 5.91 Å². The van der Waals surface area contributed by atoms with Crippen LogP contribution in [0, 0.1) is 18.3 Å². The number of halogens is 3. The number of carbonyl (C=O) groups is 1. The first-order valence-corrected chi connectivity index (χ1v) is 14.0. The topological polar surface area (TPSA) is 77.4 Å². The standard InChI is InChI=1S/C32H35F3N4O3/c1-20-15-23(18-31(3,4)17-20)39-28-14-13-25(41-19-29(40)37-26-8-6-5-7-21(26)2)16-27(28)38-30(39)36-22-9-11-24(12-10-22)42-32(33,34)35/h5-14,16,20,23H,15,17-19H2,1-4H3,(H,36,38)(H,37,40)/t20-,23+/m1/s1. The van der Waals surface area contributed by atoms with E-state index < -0.39 is 6.36 Å². The van der Waals surface area contributed by atoms with Crippen molar-refractivity contribution in [1.82, 2.24) is 9.55 Å². The summed E-state index contributed by atoms with van der Waals surface area (Å²) in [5.74, 6) is 1.03. The first-order chi connectivity index (χ1) is 19.8. The Kier molecular flexibility index (Phi) is 8.08. The van der Waals surface area contributed by atoms with Gasteiger partial charge in [-0.1, -0.05) is 39.0 Å². The van der Waals surface area contributed by atoms with E-state index in [1.165, 1.54) is 24.3 Å². The lowest BCUT2D eigenvalue weighted by Crippen LogP contribution is -2.29. The van der Waals surface area contributed by atoms with Gasteiger partial charge in [0, 0.05) is 23.5 Å². The van der Waals surface area contributed by atoms with E-state index in [2.05, 4.69) is 40.7 Å². The number of carbonyl (C=O) groups excluding carboxylic acids is 1. The van der Waals surface area contributed by atoms with Crippen LogP contribution >= 0.6 is 0 Å². The molecule has 1 aliphatic carbocycles. The van der Waals surface area contributed by atoms with Gasteiger partial charge in [-0.3, -0.25) is 4.79 Å². The van der Waals surface area contributed by atoms with Gasteiger partial charge in [-0.15, -0.1) is 13.2 Å². The summed E-state index contributed by atoms with van der Waals surface area (Å²) in [6.45, 7) is 8.56. The molecule has 1 aliphatic rings. The molecule has 2 N–H and O–H groups in total. The number of hydrogen-bond donors (Lipinski definition) is 2. The van der Waals surface area contributed by atoms with Crippen molar-refractivity contribution in [3.63, 3.8) is 0 Å². The Hall–Kier alpha value is -4.21. The van der Waals surface area contributed by atoms with Gasteiger partial charge in [0.1, 0.15) is 11.5 Å². The van der Waals surface area contributed by atoms with Crippen LogP contribution in [0.1, 0.15) is 51.6 Å². The number of aromatic nitrogens is 2. The number of fused-ring (bicyclic) bond motifs is 1. The number of rotatable bonds is 8. The zero-order valence-electron chi connectivity index (χ0n) is 24.1. The van der Waals surface area contributed by atoms with Crippen LogP contribution in [0.15, 0.2) is 66.7 Å². The van der Waals surface area contributed by atoms with E-state index in [0.717, 1.165) is 36.0 Å². The third-order valence-corrected chi connectivity index (χ3v) is 7.52. The second-order valence-corrected chi connectivity index (χ2v) is 11.9. The van der Waals surface area contributed by atoms with E-state index in [1.807, 2.05) is 43.3 Å².